The fraction of sp³-hybridized carbons (Fsp3) is 0.200. The van der Waals surface area contributed by atoms with Crippen LogP contribution in [-0.4, -0.2) is 8.42 Å². The highest BCUT2D eigenvalue weighted by molar-refractivity contribution is 9.08. The number of nitrogens with one attached hydrogen (secondary N) is 1. The van der Waals surface area contributed by atoms with Gasteiger partial charge >= 0.3 is 0 Å². The van der Waals surface area contributed by atoms with Crippen LogP contribution in [0.15, 0.2) is 53.4 Å². The molecule has 0 aliphatic carbocycles. The first-order valence-corrected chi connectivity index (χ1v) is 8.93. The second-order valence-corrected chi connectivity index (χ2v) is 6.64. The lowest BCUT2D eigenvalue weighted by molar-refractivity contribution is 0.601. The number of rotatable bonds is 5. The number of sulfonamides is 1. The number of alkyl halides is 1. The summed E-state index contributed by atoms with van der Waals surface area (Å²) in [5.74, 6) is 0. The van der Waals surface area contributed by atoms with Gasteiger partial charge in [-0.15, -0.1) is 0 Å². The Balaban J connectivity index is 2.30. The van der Waals surface area contributed by atoms with E-state index in [1.807, 2.05) is 25.1 Å². The van der Waals surface area contributed by atoms with Gasteiger partial charge in [0.1, 0.15) is 0 Å². The zero-order chi connectivity index (χ0) is 14.6. The predicted octanol–water partition coefficient (Wildman–Crippen LogP) is 3.94. The zero-order valence-corrected chi connectivity index (χ0v) is 13.5. The van der Waals surface area contributed by atoms with Crippen LogP contribution in [0.3, 0.4) is 0 Å². The highest BCUT2D eigenvalue weighted by Crippen LogP contribution is 2.21. The number of hydrogen-bond acceptors (Lipinski definition) is 2. The lowest BCUT2D eigenvalue weighted by Gasteiger charge is -2.11. The number of benzene rings is 2. The molecule has 2 aromatic carbocycles. The van der Waals surface area contributed by atoms with E-state index >= 15 is 0 Å². The Morgan fingerprint density at radius 1 is 1.05 bits per heavy atom. The van der Waals surface area contributed by atoms with Crippen molar-refractivity contribution in [3.63, 3.8) is 0 Å². The van der Waals surface area contributed by atoms with Gasteiger partial charge in [-0.2, -0.15) is 0 Å². The maximum Gasteiger partial charge on any atom is 0.261 e. The summed E-state index contributed by atoms with van der Waals surface area (Å²) in [4.78, 5) is 0.271. The summed E-state index contributed by atoms with van der Waals surface area (Å²) in [5, 5.41) is 0.708. The van der Waals surface area contributed by atoms with Crippen LogP contribution in [0.25, 0.3) is 0 Å². The normalized spacial score (nSPS) is 11.3. The first-order chi connectivity index (χ1) is 9.56. The lowest BCUT2D eigenvalue weighted by atomic mass is 10.1. The van der Waals surface area contributed by atoms with E-state index < -0.39 is 10.0 Å². The van der Waals surface area contributed by atoms with Crippen LogP contribution in [0.2, 0.25) is 0 Å². The van der Waals surface area contributed by atoms with Crippen LogP contribution >= 0.6 is 15.9 Å². The molecular formula is C15H16BrNO2S. The summed E-state index contributed by atoms with van der Waals surface area (Å²) in [6.45, 7) is 2.00. The van der Waals surface area contributed by atoms with Gasteiger partial charge in [0.15, 0.2) is 0 Å². The first kappa shape index (κ1) is 15.1. The van der Waals surface area contributed by atoms with Crippen molar-refractivity contribution < 1.29 is 8.42 Å². The Kier molecular flexibility index (Phi) is 4.83. The van der Waals surface area contributed by atoms with Gasteiger partial charge in [-0.3, -0.25) is 4.72 Å². The van der Waals surface area contributed by atoms with Crippen LogP contribution in [0.1, 0.15) is 18.1 Å². The molecule has 0 aliphatic rings. The van der Waals surface area contributed by atoms with Crippen molar-refractivity contribution >= 4 is 31.6 Å². The smallest absolute Gasteiger partial charge is 0.261 e. The molecular weight excluding hydrogens is 338 g/mol. The Morgan fingerprint density at radius 3 is 2.30 bits per heavy atom. The van der Waals surface area contributed by atoms with E-state index in [9.17, 15) is 8.42 Å². The minimum Gasteiger partial charge on any atom is -0.279 e. The zero-order valence-electron chi connectivity index (χ0n) is 11.1. The van der Waals surface area contributed by atoms with Crippen molar-refractivity contribution in [2.75, 3.05) is 4.72 Å². The molecule has 0 radical (unpaired) electrons. The second-order valence-electron chi connectivity index (χ2n) is 4.39. The molecule has 106 valence electrons. The molecule has 2 aromatic rings. The van der Waals surface area contributed by atoms with Crippen molar-refractivity contribution in [2.24, 2.45) is 0 Å². The third-order valence-corrected chi connectivity index (χ3v) is 5.06. The Bertz CT molecular complexity index is 681. The molecule has 5 heteroatoms. The fourth-order valence-corrected chi connectivity index (χ4v) is 3.36. The monoisotopic (exact) mass is 353 g/mol. The van der Waals surface area contributed by atoms with Gasteiger partial charge in [0.2, 0.25) is 0 Å². The molecule has 0 aromatic heterocycles. The van der Waals surface area contributed by atoms with E-state index in [0.29, 0.717) is 11.0 Å². The van der Waals surface area contributed by atoms with Gasteiger partial charge in [-0.25, -0.2) is 8.42 Å². The number of aryl methyl sites for hydroxylation is 1. The van der Waals surface area contributed by atoms with E-state index in [1.54, 1.807) is 30.3 Å². The molecule has 0 atom stereocenters. The summed E-state index contributed by atoms with van der Waals surface area (Å²) in [5.41, 5.74) is 2.66. The van der Waals surface area contributed by atoms with Gasteiger partial charge in [-0.05, 0) is 35.7 Å². The minimum atomic E-state index is -3.54. The SMILES string of the molecule is CCc1ccccc1NS(=O)(=O)c1ccc(CBr)cc1. The first-order valence-electron chi connectivity index (χ1n) is 6.32. The molecule has 1 N–H and O–H groups in total. The van der Waals surface area contributed by atoms with Crippen LogP contribution < -0.4 is 4.72 Å². The Hall–Kier alpha value is -1.33. The summed E-state index contributed by atoms with van der Waals surface area (Å²) in [6, 6.07) is 14.3. The molecule has 0 fully saturated rings. The van der Waals surface area contributed by atoms with Crippen LogP contribution in [0.5, 0.6) is 0 Å². The van der Waals surface area contributed by atoms with Gasteiger partial charge in [-0.1, -0.05) is 53.2 Å². The Labute approximate surface area is 128 Å². The van der Waals surface area contributed by atoms with Gasteiger partial charge in [0.25, 0.3) is 10.0 Å². The topological polar surface area (TPSA) is 46.2 Å². The highest BCUT2D eigenvalue weighted by Gasteiger charge is 2.15. The third-order valence-electron chi connectivity index (χ3n) is 3.03. The molecule has 0 saturated heterocycles. The molecule has 0 spiro atoms. The molecule has 0 saturated carbocycles. The van der Waals surface area contributed by atoms with Gasteiger partial charge in [0.05, 0.1) is 10.6 Å². The summed E-state index contributed by atoms with van der Waals surface area (Å²) < 4.78 is 27.3. The van der Waals surface area contributed by atoms with Gasteiger partial charge in [0, 0.05) is 5.33 Å². The molecule has 0 unspecified atom stereocenters. The molecule has 0 amide bonds. The number of hydrogen-bond donors (Lipinski definition) is 1. The molecule has 0 aliphatic heterocycles. The Morgan fingerprint density at radius 2 is 1.70 bits per heavy atom. The maximum atomic E-state index is 12.3. The average molecular weight is 354 g/mol. The molecule has 0 heterocycles. The fourth-order valence-electron chi connectivity index (χ4n) is 1.89. The number of para-hydroxylation sites is 1. The van der Waals surface area contributed by atoms with Crippen LogP contribution in [-0.2, 0) is 21.8 Å². The van der Waals surface area contributed by atoms with E-state index in [0.717, 1.165) is 17.5 Å². The molecule has 2 rings (SSSR count). The summed E-state index contributed by atoms with van der Waals surface area (Å²) in [6.07, 6.45) is 0.779. The standard InChI is InChI=1S/C15H16BrNO2S/c1-2-13-5-3-4-6-15(13)17-20(18,19)14-9-7-12(11-16)8-10-14/h3-10,17H,2,11H2,1H3. The van der Waals surface area contributed by atoms with Crippen molar-refractivity contribution in [1.29, 1.82) is 0 Å². The van der Waals surface area contributed by atoms with E-state index in [4.69, 9.17) is 0 Å². The summed E-state index contributed by atoms with van der Waals surface area (Å²) >= 11 is 3.34. The van der Waals surface area contributed by atoms with Gasteiger partial charge < -0.3 is 0 Å². The minimum absolute atomic E-state index is 0.271. The van der Waals surface area contributed by atoms with Crippen molar-refractivity contribution in [3.8, 4) is 0 Å². The molecule has 0 bridgehead atoms. The third kappa shape index (κ3) is 3.41. The predicted molar refractivity (Wildman–Crippen MR) is 85.7 cm³/mol. The average Bonchev–Trinajstić information content (AvgIpc) is 2.47. The largest absolute Gasteiger partial charge is 0.279 e. The van der Waals surface area contributed by atoms with Crippen molar-refractivity contribution in [1.82, 2.24) is 0 Å². The lowest BCUT2D eigenvalue weighted by Crippen LogP contribution is -2.14. The highest BCUT2D eigenvalue weighted by atomic mass is 79.9. The molecule has 3 nitrogen and oxygen atoms in total. The van der Waals surface area contributed by atoms with Crippen molar-refractivity contribution in [3.05, 3.63) is 59.7 Å². The van der Waals surface area contributed by atoms with E-state index in [1.165, 1.54) is 0 Å². The summed E-state index contributed by atoms with van der Waals surface area (Å²) in [7, 11) is -3.54. The van der Waals surface area contributed by atoms with Crippen molar-refractivity contribution in [2.45, 2.75) is 23.6 Å². The second kappa shape index (κ2) is 6.41. The van der Waals surface area contributed by atoms with Crippen LogP contribution in [0.4, 0.5) is 5.69 Å². The molecule has 20 heavy (non-hydrogen) atoms. The maximum absolute atomic E-state index is 12.3. The number of halogens is 1. The number of anilines is 1. The van der Waals surface area contributed by atoms with E-state index in [-0.39, 0.29) is 4.90 Å². The van der Waals surface area contributed by atoms with Crippen LogP contribution in [0, 0.1) is 0 Å². The van der Waals surface area contributed by atoms with E-state index in [2.05, 4.69) is 20.7 Å². The quantitative estimate of drug-likeness (QED) is 0.827.